The molecule has 4 heteroatoms. The number of nitrogens with zero attached hydrogens (tertiary/aromatic N) is 4. The minimum Gasteiger partial charge on any atom is -0.236 e. The van der Waals surface area contributed by atoms with Crippen molar-refractivity contribution in [3.8, 4) is 67.3 Å². The van der Waals surface area contributed by atoms with Crippen molar-refractivity contribution in [1.29, 1.82) is 0 Å². The van der Waals surface area contributed by atoms with E-state index < -0.39 is 0 Å². The zero-order valence-corrected chi connectivity index (χ0v) is 31.6. The lowest BCUT2D eigenvalue weighted by molar-refractivity contribution is 0.652. The van der Waals surface area contributed by atoms with Crippen LogP contribution in [0.5, 0.6) is 0 Å². The van der Waals surface area contributed by atoms with Gasteiger partial charge in [0.2, 0.25) is 0 Å². The van der Waals surface area contributed by atoms with Crippen LogP contribution in [0, 0.1) is 0 Å². The quantitative estimate of drug-likeness (QED) is 0.160. The molecule has 10 aromatic rings. The fraction of sp³-hybridized carbons (Fsp3) is 0.0566. The predicted molar refractivity (Wildman–Crippen MR) is 235 cm³/mol. The second-order valence-corrected chi connectivity index (χ2v) is 15.5. The van der Waals surface area contributed by atoms with E-state index in [4.69, 9.17) is 19.9 Å². The highest BCUT2D eigenvalue weighted by molar-refractivity contribution is 6.27. The molecular formula is C53H36N4. The standard InChI is InChI=1S/C53H36N4/c1-53(2)46-27-25-42(35-13-17-38(18-14-35)51-54-29-40(30-55-51)33-9-5-3-6-10-33)44-23-21-37-22-24-45-43(26-28-47(53)50(45)48(37)49(44)46)36-15-19-39(20-16-36)52-56-31-41(32-57-52)34-11-7-4-8-12-34/h3-32H,1-2H3. The van der Waals surface area contributed by atoms with Crippen LogP contribution >= 0.6 is 0 Å². The number of aromatic nitrogens is 4. The summed E-state index contributed by atoms with van der Waals surface area (Å²) in [5.41, 5.74) is 13.6. The van der Waals surface area contributed by atoms with E-state index in [1.807, 2.05) is 61.2 Å². The van der Waals surface area contributed by atoms with Gasteiger partial charge in [0.05, 0.1) is 0 Å². The van der Waals surface area contributed by atoms with Gasteiger partial charge in [0.1, 0.15) is 0 Å². The van der Waals surface area contributed by atoms with Crippen molar-refractivity contribution < 1.29 is 0 Å². The summed E-state index contributed by atoms with van der Waals surface area (Å²) in [6, 6.07) is 56.5. The monoisotopic (exact) mass is 728 g/mol. The Hall–Kier alpha value is -7.30. The van der Waals surface area contributed by atoms with Crippen LogP contribution in [-0.4, -0.2) is 19.9 Å². The molecule has 11 rings (SSSR count). The fourth-order valence-electron chi connectivity index (χ4n) is 8.91. The highest BCUT2D eigenvalue weighted by Crippen LogP contribution is 2.52. The van der Waals surface area contributed by atoms with Gasteiger partial charge in [-0.15, -0.1) is 0 Å². The molecule has 0 unspecified atom stereocenters. The maximum atomic E-state index is 4.72. The molecule has 2 heterocycles. The molecule has 57 heavy (non-hydrogen) atoms. The van der Waals surface area contributed by atoms with Crippen molar-refractivity contribution in [3.05, 3.63) is 194 Å². The summed E-state index contributed by atoms with van der Waals surface area (Å²) in [6.45, 7) is 4.75. The van der Waals surface area contributed by atoms with E-state index in [0.717, 1.165) is 45.0 Å². The molecule has 0 radical (unpaired) electrons. The van der Waals surface area contributed by atoms with E-state index in [2.05, 4.69) is 135 Å². The van der Waals surface area contributed by atoms with Crippen molar-refractivity contribution >= 4 is 32.3 Å². The van der Waals surface area contributed by atoms with Gasteiger partial charge in [-0.25, -0.2) is 19.9 Å². The molecule has 0 N–H and O–H groups in total. The summed E-state index contributed by atoms with van der Waals surface area (Å²) in [4.78, 5) is 18.9. The van der Waals surface area contributed by atoms with E-state index in [1.54, 1.807) is 0 Å². The van der Waals surface area contributed by atoms with Crippen LogP contribution < -0.4 is 0 Å². The fourth-order valence-corrected chi connectivity index (χ4v) is 8.91. The molecule has 4 nitrogen and oxygen atoms in total. The van der Waals surface area contributed by atoms with Crippen LogP contribution in [0.25, 0.3) is 99.6 Å². The van der Waals surface area contributed by atoms with Gasteiger partial charge in [0.25, 0.3) is 0 Å². The first-order valence-electron chi connectivity index (χ1n) is 19.4. The molecule has 268 valence electrons. The van der Waals surface area contributed by atoms with Crippen LogP contribution in [-0.2, 0) is 5.41 Å². The minimum absolute atomic E-state index is 0.184. The highest BCUT2D eigenvalue weighted by atomic mass is 14.9. The van der Waals surface area contributed by atoms with Crippen LogP contribution in [0.3, 0.4) is 0 Å². The maximum absolute atomic E-state index is 4.72. The Labute approximate surface area is 331 Å². The minimum atomic E-state index is -0.184. The number of hydrogen-bond donors (Lipinski definition) is 0. The first kappa shape index (κ1) is 33.1. The summed E-state index contributed by atoms with van der Waals surface area (Å²) >= 11 is 0. The molecule has 0 spiro atoms. The molecule has 0 bridgehead atoms. The predicted octanol–water partition coefficient (Wildman–Crippen LogP) is 13.4. The van der Waals surface area contributed by atoms with Crippen molar-refractivity contribution in [2.24, 2.45) is 0 Å². The number of rotatable bonds is 6. The summed E-state index contributed by atoms with van der Waals surface area (Å²) in [5, 5.41) is 7.84. The summed E-state index contributed by atoms with van der Waals surface area (Å²) in [7, 11) is 0. The molecule has 0 aliphatic heterocycles. The van der Waals surface area contributed by atoms with Crippen molar-refractivity contribution in [2.45, 2.75) is 19.3 Å². The van der Waals surface area contributed by atoms with Gasteiger partial charge in [-0.1, -0.05) is 172 Å². The smallest absolute Gasteiger partial charge is 0.159 e. The Balaban J connectivity index is 0.979. The SMILES string of the molecule is CC1(C)c2ccc(-c3ccc(-c4ncc(-c5ccccc5)cn4)cc3)c3ccc4ccc5c(-c6ccc(-c7ncc(-c8ccccc8)cn7)cc6)ccc1c5c4c23. The molecule has 1 aliphatic carbocycles. The third kappa shape index (κ3) is 5.37. The lowest BCUT2D eigenvalue weighted by atomic mass is 9.68. The molecule has 0 atom stereocenters. The van der Waals surface area contributed by atoms with Crippen LogP contribution in [0.4, 0.5) is 0 Å². The first-order chi connectivity index (χ1) is 28.0. The molecule has 1 aliphatic rings. The largest absolute Gasteiger partial charge is 0.236 e. The van der Waals surface area contributed by atoms with Crippen LogP contribution in [0.2, 0.25) is 0 Å². The molecular weight excluding hydrogens is 693 g/mol. The van der Waals surface area contributed by atoms with Gasteiger partial charge in [0.15, 0.2) is 11.6 Å². The molecule has 0 saturated heterocycles. The lowest BCUT2D eigenvalue weighted by Crippen LogP contribution is -2.22. The van der Waals surface area contributed by atoms with E-state index in [9.17, 15) is 0 Å². The number of hydrogen-bond acceptors (Lipinski definition) is 4. The Morgan fingerprint density at radius 3 is 1.11 bits per heavy atom. The average Bonchev–Trinajstić information content (AvgIpc) is 3.28. The zero-order valence-electron chi connectivity index (χ0n) is 31.6. The average molecular weight is 729 g/mol. The molecule has 8 aromatic carbocycles. The Kier molecular flexibility index (Phi) is 7.48. The topological polar surface area (TPSA) is 51.6 Å². The van der Waals surface area contributed by atoms with Gasteiger partial charge in [-0.05, 0) is 76.8 Å². The number of benzene rings is 8. The van der Waals surface area contributed by atoms with Crippen LogP contribution in [0.1, 0.15) is 25.0 Å². The van der Waals surface area contributed by atoms with Crippen molar-refractivity contribution in [2.75, 3.05) is 0 Å². The Morgan fingerprint density at radius 2 is 0.702 bits per heavy atom. The van der Waals surface area contributed by atoms with E-state index in [-0.39, 0.29) is 5.41 Å². The molecule has 0 amide bonds. The van der Waals surface area contributed by atoms with Crippen molar-refractivity contribution in [3.63, 3.8) is 0 Å². The van der Waals surface area contributed by atoms with Gasteiger partial charge in [0, 0.05) is 52.5 Å². The van der Waals surface area contributed by atoms with Gasteiger partial charge in [-0.2, -0.15) is 0 Å². The highest BCUT2D eigenvalue weighted by Gasteiger charge is 2.33. The van der Waals surface area contributed by atoms with Gasteiger partial charge >= 0.3 is 0 Å². The van der Waals surface area contributed by atoms with E-state index in [0.29, 0.717) is 0 Å². The summed E-state index contributed by atoms with van der Waals surface area (Å²) < 4.78 is 0. The van der Waals surface area contributed by atoms with Crippen molar-refractivity contribution in [1.82, 2.24) is 19.9 Å². The second kappa shape index (κ2) is 12.9. The molecule has 0 saturated carbocycles. The maximum Gasteiger partial charge on any atom is 0.159 e. The first-order valence-corrected chi connectivity index (χ1v) is 19.4. The normalized spacial score (nSPS) is 12.9. The Morgan fingerprint density at radius 1 is 0.316 bits per heavy atom. The summed E-state index contributed by atoms with van der Waals surface area (Å²) in [5.74, 6) is 1.44. The lowest BCUT2D eigenvalue weighted by Gasteiger charge is -2.35. The third-order valence-corrected chi connectivity index (χ3v) is 11.9. The third-order valence-electron chi connectivity index (χ3n) is 11.9. The summed E-state index contributed by atoms with van der Waals surface area (Å²) in [6.07, 6.45) is 7.62. The van der Waals surface area contributed by atoms with Gasteiger partial charge < -0.3 is 0 Å². The Bertz CT molecular complexity index is 2920. The van der Waals surface area contributed by atoms with E-state index in [1.165, 1.54) is 65.7 Å². The second-order valence-electron chi connectivity index (χ2n) is 15.5. The van der Waals surface area contributed by atoms with Crippen LogP contribution in [0.15, 0.2) is 183 Å². The van der Waals surface area contributed by atoms with Gasteiger partial charge in [-0.3, -0.25) is 0 Å². The van der Waals surface area contributed by atoms with E-state index >= 15 is 0 Å². The zero-order chi connectivity index (χ0) is 38.1. The molecule has 2 aromatic heterocycles. The molecule has 0 fully saturated rings.